The van der Waals surface area contributed by atoms with Gasteiger partial charge in [0.1, 0.15) is 6.10 Å². The van der Waals surface area contributed by atoms with E-state index in [1.54, 1.807) is 12.1 Å². The summed E-state index contributed by atoms with van der Waals surface area (Å²) in [4.78, 5) is 25.5. The maximum absolute atomic E-state index is 13.0. The van der Waals surface area contributed by atoms with Crippen molar-refractivity contribution < 1.29 is 19.4 Å². The molecule has 0 aliphatic heterocycles. The Hall–Kier alpha value is -2.10. The Morgan fingerprint density at radius 1 is 1.03 bits per heavy atom. The van der Waals surface area contributed by atoms with E-state index in [-0.39, 0.29) is 28.8 Å². The molecule has 0 saturated heterocycles. The molecule has 0 amide bonds. The number of hydrogen-bond donors (Lipinski definition) is 1. The minimum absolute atomic E-state index is 0.0147. The van der Waals surface area contributed by atoms with Crippen molar-refractivity contribution in [3.63, 3.8) is 0 Å². The monoisotopic (exact) mass is 422 g/mol. The predicted octanol–water partition coefficient (Wildman–Crippen LogP) is 5.88. The molecule has 4 fully saturated rings. The normalized spacial score (nSPS) is 43.6. The molecule has 7 atom stereocenters. The molecule has 0 aromatic heterocycles. The molecule has 0 heterocycles. The smallest absolute Gasteiger partial charge is 0.338 e. The van der Waals surface area contributed by atoms with Crippen LogP contribution in [0.3, 0.4) is 0 Å². The number of rotatable bonds is 3. The van der Waals surface area contributed by atoms with Crippen LogP contribution in [0.5, 0.6) is 0 Å². The zero-order valence-electron chi connectivity index (χ0n) is 18.7. The van der Waals surface area contributed by atoms with Crippen LogP contribution >= 0.6 is 0 Å². The highest BCUT2D eigenvalue weighted by Crippen LogP contribution is 2.72. The van der Waals surface area contributed by atoms with Crippen LogP contribution in [0.1, 0.15) is 75.6 Å². The lowest BCUT2D eigenvalue weighted by atomic mass is 9.40. The van der Waals surface area contributed by atoms with E-state index >= 15 is 0 Å². The van der Waals surface area contributed by atoms with Crippen molar-refractivity contribution in [3.05, 3.63) is 48.0 Å². The van der Waals surface area contributed by atoms with Crippen LogP contribution in [-0.4, -0.2) is 23.1 Å². The fraction of sp³-hybridized carbons (Fsp3) is 0.630. The van der Waals surface area contributed by atoms with Gasteiger partial charge in [0.2, 0.25) is 0 Å². The number of ether oxygens (including phenoxy) is 1. The first-order valence-corrected chi connectivity index (χ1v) is 11.9. The number of fused-ring (bicyclic) bond motifs is 3. The van der Waals surface area contributed by atoms with Gasteiger partial charge in [-0.15, -0.1) is 0 Å². The third kappa shape index (κ3) is 2.86. The molecule has 31 heavy (non-hydrogen) atoms. The lowest BCUT2D eigenvalue weighted by Crippen LogP contribution is -2.64. The summed E-state index contributed by atoms with van der Waals surface area (Å²) in [6, 6.07) is 9.18. The van der Waals surface area contributed by atoms with E-state index in [0.29, 0.717) is 30.2 Å². The van der Waals surface area contributed by atoms with Gasteiger partial charge in [0.05, 0.1) is 11.0 Å². The van der Waals surface area contributed by atoms with Crippen molar-refractivity contribution in [1.82, 2.24) is 0 Å². The van der Waals surface area contributed by atoms with E-state index in [2.05, 4.69) is 13.5 Å². The van der Waals surface area contributed by atoms with Gasteiger partial charge in [-0.2, -0.15) is 0 Å². The van der Waals surface area contributed by atoms with Crippen LogP contribution < -0.4 is 0 Å². The zero-order chi connectivity index (χ0) is 22.0. The van der Waals surface area contributed by atoms with Crippen LogP contribution in [0.2, 0.25) is 0 Å². The summed E-state index contributed by atoms with van der Waals surface area (Å²) in [7, 11) is 0. The van der Waals surface area contributed by atoms with Gasteiger partial charge < -0.3 is 9.84 Å². The molecule has 4 aliphatic rings. The number of esters is 1. The van der Waals surface area contributed by atoms with Crippen molar-refractivity contribution in [2.45, 2.75) is 71.3 Å². The standard InChI is InChI=1S/C27H34O4/c1-17-15-27-14-11-20-25(2,24(29)30)13-12-22(31-23(28)18-7-5-4-6-8-18)26(20,3)21(27)10-9-19(17)16-27/h4-8,19-22H,1,9-16H2,2-3H3,(H,29,30). The maximum Gasteiger partial charge on any atom is 0.338 e. The molecule has 4 nitrogen and oxygen atoms in total. The second-order valence-electron chi connectivity index (χ2n) is 11.2. The quantitative estimate of drug-likeness (QED) is 0.488. The highest BCUT2D eigenvalue weighted by Gasteiger charge is 2.68. The molecule has 4 heteroatoms. The van der Waals surface area contributed by atoms with Gasteiger partial charge in [-0.1, -0.05) is 37.3 Å². The van der Waals surface area contributed by atoms with Crippen LogP contribution in [0.15, 0.2) is 42.5 Å². The highest BCUT2D eigenvalue weighted by molar-refractivity contribution is 5.89. The molecular formula is C27H34O4. The van der Waals surface area contributed by atoms with Crippen molar-refractivity contribution in [1.29, 1.82) is 0 Å². The van der Waals surface area contributed by atoms with Gasteiger partial charge in [0.25, 0.3) is 0 Å². The zero-order valence-corrected chi connectivity index (χ0v) is 18.7. The summed E-state index contributed by atoms with van der Waals surface area (Å²) >= 11 is 0. The van der Waals surface area contributed by atoms with Gasteiger partial charge in [-0.05, 0) is 93.6 Å². The van der Waals surface area contributed by atoms with Crippen LogP contribution in [-0.2, 0) is 9.53 Å². The van der Waals surface area contributed by atoms with Gasteiger partial charge in [-0.25, -0.2) is 4.79 Å². The number of benzene rings is 1. The summed E-state index contributed by atoms with van der Waals surface area (Å²) in [6.45, 7) is 8.59. The third-order valence-electron chi connectivity index (χ3n) is 9.92. The van der Waals surface area contributed by atoms with E-state index in [4.69, 9.17) is 4.74 Å². The highest BCUT2D eigenvalue weighted by atomic mass is 16.5. The summed E-state index contributed by atoms with van der Waals surface area (Å²) in [5.74, 6) is 0.0319. The molecule has 4 aliphatic carbocycles. The number of carboxylic acid groups (broad SMARTS) is 1. The molecule has 1 N–H and O–H groups in total. The topological polar surface area (TPSA) is 63.6 Å². The van der Waals surface area contributed by atoms with E-state index in [9.17, 15) is 14.7 Å². The first-order chi connectivity index (χ1) is 14.7. The minimum atomic E-state index is -0.765. The molecule has 1 spiro atoms. The van der Waals surface area contributed by atoms with Crippen LogP contribution in [0.4, 0.5) is 0 Å². The first kappa shape index (κ1) is 20.8. The Morgan fingerprint density at radius 2 is 1.77 bits per heavy atom. The van der Waals surface area contributed by atoms with Crippen LogP contribution in [0.25, 0.3) is 0 Å². The maximum atomic E-state index is 13.0. The lowest BCUT2D eigenvalue weighted by Gasteiger charge is -2.65. The van der Waals surface area contributed by atoms with Crippen molar-refractivity contribution in [2.24, 2.45) is 34.0 Å². The Labute approximate surface area is 185 Å². The molecule has 7 unspecified atom stereocenters. The fourth-order valence-electron chi connectivity index (χ4n) is 8.45. The summed E-state index contributed by atoms with van der Waals surface area (Å²) in [5.41, 5.74) is 1.07. The number of hydrogen-bond acceptors (Lipinski definition) is 3. The van der Waals surface area contributed by atoms with E-state index in [1.165, 1.54) is 12.0 Å². The number of aliphatic carboxylic acids is 1. The molecule has 166 valence electrons. The van der Waals surface area contributed by atoms with Crippen LogP contribution in [0, 0.1) is 34.0 Å². The average Bonchev–Trinajstić information content (AvgIpc) is 2.98. The van der Waals surface area contributed by atoms with Gasteiger partial charge in [0, 0.05) is 5.41 Å². The second-order valence-corrected chi connectivity index (χ2v) is 11.2. The van der Waals surface area contributed by atoms with Gasteiger partial charge in [0.15, 0.2) is 0 Å². The Balaban J connectivity index is 1.54. The van der Waals surface area contributed by atoms with Gasteiger partial charge in [-0.3, -0.25) is 4.79 Å². The largest absolute Gasteiger partial charge is 0.481 e. The molecule has 1 aromatic rings. The Kier molecular flexibility index (Phi) is 4.66. The molecule has 1 aromatic carbocycles. The first-order valence-electron chi connectivity index (χ1n) is 11.9. The number of carbonyl (C=O) groups is 2. The van der Waals surface area contributed by atoms with E-state index < -0.39 is 11.4 Å². The van der Waals surface area contributed by atoms with Crippen molar-refractivity contribution in [3.8, 4) is 0 Å². The predicted molar refractivity (Wildman–Crippen MR) is 118 cm³/mol. The SMILES string of the molecule is C=C1CC23CCC4C(C)(C(=O)O)CCC(OC(=O)c5ccccc5)C4(C)C2CCC1C3. The molecule has 4 saturated carbocycles. The molecule has 2 bridgehead atoms. The van der Waals surface area contributed by atoms with Crippen molar-refractivity contribution in [2.75, 3.05) is 0 Å². The van der Waals surface area contributed by atoms with Gasteiger partial charge >= 0.3 is 11.9 Å². The third-order valence-corrected chi connectivity index (χ3v) is 9.92. The molecular weight excluding hydrogens is 388 g/mol. The molecule has 0 radical (unpaired) electrons. The summed E-state index contributed by atoms with van der Waals surface area (Å²) in [6.07, 6.45) is 7.38. The molecule has 5 rings (SSSR count). The summed E-state index contributed by atoms with van der Waals surface area (Å²) < 4.78 is 6.25. The minimum Gasteiger partial charge on any atom is -0.481 e. The fourth-order valence-corrected chi connectivity index (χ4v) is 8.45. The Bertz CT molecular complexity index is 922. The second kappa shape index (κ2) is 6.95. The number of carboxylic acids is 1. The van der Waals surface area contributed by atoms with E-state index in [1.807, 2.05) is 25.1 Å². The van der Waals surface area contributed by atoms with Crippen molar-refractivity contribution >= 4 is 11.9 Å². The van der Waals surface area contributed by atoms with E-state index in [0.717, 1.165) is 32.1 Å². The number of carbonyl (C=O) groups excluding carboxylic acids is 1. The average molecular weight is 423 g/mol. The Morgan fingerprint density at radius 3 is 2.48 bits per heavy atom. The number of allylic oxidation sites excluding steroid dienone is 1. The lowest BCUT2D eigenvalue weighted by molar-refractivity contribution is -0.211. The summed E-state index contributed by atoms with van der Waals surface area (Å²) in [5, 5.41) is 10.2.